The van der Waals surface area contributed by atoms with Crippen LogP contribution in [0.5, 0.6) is 0 Å². The minimum absolute atomic E-state index is 0.229. The zero-order chi connectivity index (χ0) is 17.5. The zero-order valence-corrected chi connectivity index (χ0v) is 14.7. The second-order valence-electron chi connectivity index (χ2n) is 5.72. The molecule has 124 valence electrons. The molecule has 0 heterocycles. The molecule has 0 aliphatic carbocycles. The van der Waals surface area contributed by atoms with Crippen molar-refractivity contribution in [3.63, 3.8) is 0 Å². The second-order valence-corrected chi connectivity index (χ2v) is 6.40. The first-order chi connectivity index (χ1) is 12.3. The molecule has 3 aromatic carbocycles. The number of benzene rings is 3. The molecule has 0 unspecified atom stereocenters. The van der Waals surface area contributed by atoms with Gasteiger partial charge in [0.25, 0.3) is 0 Å². The van der Waals surface area contributed by atoms with E-state index in [0.29, 0.717) is 8.20 Å². The normalized spacial score (nSPS) is 11.2. The maximum atomic E-state index is 11.9. The molecule has 2 nitrogen and oxygen atoms in total. The van der Waals surface area contributed by atoms with Crippen LogP contribution in [0.1, 0.15) is 16.7 Å². The standard InChI is InChI=1S/C22H19O2P/c1-25-21(23)24-17-22(18-11-5-2-6-12-18,19-13-7-3-8-14-19)20-15-9-4-10-16-20/h2-16H,1,17H2. The average molecular weight is 346 g/mol. The molecule has 0 spiro atoms. The third-order valence-electron chi connectivity index (χ3n) is 4.34. The molecule has 0 amide bonds. The van der Waals surface area contributed by atoms with Crippen LogP contribution in [0.2, 0.25) is 0 Å². The van der Waals surface area contributed by atoms with E-state index in [1.807, 2.05) is 54.6 Å². The Morgan fingerprint density at radius 1 is 0.760 bits per heavy atom. The van der Waals surface area contributed by atoms with Crippen LogP contribution in [0.4, 0.5) is 4.79 Å². The Labute approximate surface area is 149 Å². The largest absolute Gasteiger partial charge is 0.458 e. The highest BCUT2D eigenvalue weighted by Gasteiger charge is 2.37. The smallest absolute Gasteiger partial charge is 0.355 e. The summed E-state index contributed by atoms with van der Waals surface area (Å²) in [5.74, 6) is 0. The van der Waals surface area contributed by atoms with E-state index in [9.17, 15) is 4.79 Å². The molecule has 0 aliphatic heterocycles. The Kier molecular flexibility index (Phi) is 5.42. The molecule has 0 saturated carbocycles. The maximum Gasteiger partial charge on any atom is 0.355 e. The van der Waals surface area contributed by atoms with Gasteiger partial charge < -0.3 is 4.74 Å². The lowest BCUT2D eigenvalue weighted by Gasteiger charge is -2.35. The van der Waals surface area contributed by atoms with Crippen molar-refractivity contribution in [3.05, 3.63) is 108 Å². The van der Waals surface area contributed by atoms with Crippen molar-refractivity contribution in [2.75, 3.05) is 6.61 Å². The topological polar surface area (TPSA) is 26.3 Å². The van der Waals surface area contributed by atoms with Crippen LogP contribution >= 0.6 is 8.20 Å². The highest BCUT2D eigenvalue weighted by atomic mass is 31.1. The summed E-state index contributed by atoms with van der Waals surface area (Å²) >= 11 is 0. The van der Waals surface area contributed by atoms with Crippen LogP contribution in [0, 0.1) is 0 Å². The molecule has 0 saturated heterocycles. The van der Waals surface area contributed by atoms with E-state index in [-0.39, 0.29) is 12.3 Å². The highest BCUT2D eigenvalue weighted by molar-refractivity contribution is 7.55. The third kappa shape index (κ3) is 3.55. The minimum Gasteiger partial charge on any atom is -0.458 e. The van der Waals surface area contributed by atoms with Gasteiger partial charge in [-0.05, 0) is 16.7 Å². The third-order valence-corrected chi connectivity index (χ3v) is 4.73. The molecule has 3 aromatic rings. The number of carbonyl (C=O) groups is 1. The van der Waals surface area contributed by atoms with Crippen molar-refractivity contribution in [3.8, 4) is 0 Å². The fourth-order valence-corrected chi connectivity index (χ4v) is 3.29. The summed E-state index contributed by atoms with van der Waals surface area (Å²) in [6.07, 6.45) is 3.60. The van der Waals surface area contributed by atoms with Gasteiger partial charge in [-0.1, -0.05) is 97.3 Å². The van der Waals surface area contributed by atoms with Crippen molar-refractivity contribution in [1.82, 2.24) is 0 Å². The van der Waals surface area contributed by atoms with Crippen molar-refractivity contribution in [2.24, 2.45) is 0 Å². The summed E-state index contributed by atoms with van der Waals surface area (Å²) < 4.78 is 5.61. The van der Waals surface area contributed by atoms with Gasteiger partial charge in [-0.25, -0.2) is 4.79 Å². The molecule has 0 aliphatic rings. The summed E-state index contributed by atoms with van der Waals surface area (Å²) in [5.41, 5.74) is 2.36. The number of rotatable bonds is 6. The highest BCUT2D eigenvalue weighted by Crippen LogP contribution is 2.39. The number of carbonyl (C=O) groups excluding carboxylic acids is 1. The summed E-state index contributed by atoms with van der Waals surface area (Å²) in [6, 6.07) is 30.5. The molecule has 3 rings (SSSR count). The van der Waals surface area contributed by atoms with E-state index < -0.39 is 5.41 Å². The van der Waals surface area contributed by atoms with Gasteiger partial charge in [-0.2, -0.15) is 0 Å². The average Bonchev–Trinajstić information content (AvgIpc) is 2.71. The number of hydrogen-bond acceptors (Lipinski definition) is 2. The fraction of sp³-hybridized carbons (Fsp3) is 0.0909. The zero-order valence-electron chi connectivity index (χ0n) is 13.8. The van der Waals surface area contributed by atoms with Gasteiger partial charge in [-0.15, -0.1) is 0 Å². The van der Waals surface area contributed by atoms with Gasteiger partial charge in [0, 0.05) is 8.20 Å². The summed E-state index contributed by atoms with van der Waals surface area (Å²) in [7, 11) is 0.360. The van der Waals surface area contributed by atoms with Crippen LogP contribution in [-0.4, -0.2) is 18.6 Å². The van der Waals surface area contributed by atoms with Crippen LogP contribution in [0.15, 0.2) is 91.0 Å². The Morgan fingerprint density at radius 3 is 1.44 bits per heavy atom. The summed E-state index contributed by atoms with van der Waals surface area (Å²) in [6.45, 7) is 0.229. The van der Waals surface area contributed by atoms with Crippen LogP contribution in [-0.2, 0) is 10.2 Å². The molecule has 0 N–H and O–H groups in total. The number of hydrogen-bond donors (Lipinski definition) is 0. The van der Waals surface area contributed by atoms with Crippen LogP contribution < -0.4 is 0 Å². The van der Waals surface area contributed by atoms with Gasteiger partial charge in [0.2, 0.25) is 0 Å². The predicted octanol–water partition coefficient (Wildman–Crippen LogP) is 5.54. The summed E-state index contributed by atoms with van der Waals surface area (Å²) in [4.78, 5) is 11.9. The molecule has 0 radical (unpaired) electrons. The molecule has 0 fully saturated rings. The maximum absolute atomic E-state index is 11.9. The molecular formula is C22H19O2P. The van der Waals surface area contributed by atoms with Gasteiger partial charge in [-0.3, -0.25) is 0 Å². The van der Waals surface area contributed by atoms with Gasteiger partial charge in [0.05, 0.1) is 5.41 Å². The van der Waals surface area contributed by atoms with Crippen LogP contribution in [0.3, 0.4) is 0 Å². The van der Waals surface area contributed by atoms with E-state index in [0.717, 1.165) is 16.7 Å². The fourth-order valence-electron chi connectivity index (χ4n) is 3.13. The first-order valence-electron chi connectivity index (χ1n) is 8.07. The lowest BCUT2D eigenvalue weighted by molar-refractivity contribution is 0.158. The monoisotopic (exact) mass is 346 g/mol. The van der Waals surface area contributed by atoms with Crippen molar-refractivity contribution in [2.45, 2.75) is 5.41 Å². The van der Waals surface area contributed by atoms with Crippen LogP contribution in [0.25, 0.3) is 0 Å². The molecule has 0 atom stereocenters. The van der Waals surface area contributed by atoms with E-state index in [2.05, 4.69) is 42.7 Å². The lowest BCUT2D eigenvalue weighted by atomic mass is 9.70. The Bertz CT molecular complexity index is 733. The molecule has 0 aromatic heterocycles. The summed E-state index contributed by atoms with van der Waals surface area (Å²) in [5, 5.41) is 0. The Hall–Kier alpha value is -2.70. The van der Waals surface area contributed by atoms with E-state index >= 15 is 0 Å². The predicted molar refractivity (Wildman–Crippen MR) is 105 cm³/mol. The van der Waals surface area contributed by atoms with Crippen molar-refractivity contribution in [1.29, 1.82) is 0 Å². The first kappa shape index (κ1) is 17.1. The second kappa shape index (κ2) is 7.92. The molecule has 0 bridgehead atoms. The Morgan fingerprint density at radius 2 is 1.12 bits per heavy atom. The van der Waals surface area contributed by atoms with E-state index in [4.69, 9.17) is 4.74 Å². The van der Waals surface area contributed by atoms with Gasteiger partial charge in [0.15, 0.2) is 0 Å². The van der Waals surface area contributed by atoms with Crippen molar-refractivity contribution >= 4 is 20.2 Å². The molecule has 25 heavy (non-hydrogen) atoms. The molecular weight excluding hydrogens is 327 g/mol. The quantitative estimate of drug-likeness (QED) is 0.433. The molecule has 3 heteroatoms. The number of ether oxygens (including phenoxy) is 1. The van der Waals surface area contributed by atoms with Gasteiger partial charge >= 0.3 is 5.71 Å². The van der Waals surface area contributed by atoms with E-state index in [1.165, 1.54) is 0 Å². The van der Waals surface area contributed by atoms with Crippen molar-refractivity contribution < 1.29 is 9.53 Å². The minimum atomic E-state index is -0.565. The first-order valence-corrected chi connectivity index (χ1v) is 9.15. The lowest BCUT2D eigenvalue weighted by Crippen LogP contribution is -2.35. The van der Waals surface area contributed by atoms with Gasteiger partial charge in [0.1, 0.15) is 6.61 Å². The SMILES string of the molecule is C=PC(=O)OCC(c1ccccc1)(c1ccccc1)c1ccccc1. The van der Waals surface area contributed by atoms with E-state index in [1.54, 1.807) is 0 Å². The Balaban J connectivity index is 2.23.